The third-order valence-electron chi connectivity index (χ3n) is 4.37. The van der Waals surface area contributed by atoms with Gasteiger partial charge in [-0.15, -0.1) is 11.3 Å². The Kier molecular flexibility index (Phi) is 3.96. The van der Waals surface area contributed by atoms with Crippen LogP contribution in [0.1, 0.15) is 27.2 Å². The van der Waals surface area contributed by atoms with Crippen LogP contribution in [-0.4, -0.2) is 21.7 Å². The van der Waals surface area contributed by atoms with Gasteiger partial charge < -0.3 is 11.5 Å². The zero-order chi connectivity index (χ0) is 18.3. The number of carbonyl (C=O) groups is 2. The second kappa shape index (κ2) is 6.30. The van der Waals surface area contributed by atoms with Crippen LogP contribution >= 0.6 is 11.3 Å². The van der Waals surface area contributed by atoms with Crippen LogP contribution in [-0.2, 0) is 19.4 Å². The van der Waals surface area contributed by atoms with Gasteiger partial charge in [0, 0.05) is 16.6 Å². The molecule has 0 spiro atoms. The van der Waals surface area contributed by atoms with Crippen molar-refractivity contribution in [2.24, 2.45) is 11.5 Å². The number of hydrogen-bond donors (Lipinski definition) is 3. The molecule has 1 aliphatic carbocycles. The first-order valence-corrected chi connectivity index (χ1v) is 8.97. The largest absolute Gasteiger partial charge is 0.365 e. The summed E-state index contributed by atoms with van der Waals surface area (Å²) < 4.78 is 1.90. The standard InChI is InChI=1S/C18H17N5O2S/c19-16(24)14-11-6-7-13-12(15(11)26-17(14)21-18(20)25)9-23(22-13)8-10-4-2-1-3-5-10/h1-5,9H,6-8H2,(H2,19,24)(H3,20,21,25). The Balaban J connectivity index is 1.75. The normalized spacial score (nSPS) is 12.3. The Morgan fingerprint density at radius 1 is 1.19 bits per heavy atom. The predicted octanol–water partition coefficient (Wildman–Crippen LogP) is 2.35. The van der Waals surface area contributed by atoms with Crippen LogP contribution in [0.15, 0.2) is 36.5 Å². The van der Waals surface area contributed by atoms with Gasteiger partial charge in [0.15, 0.2) is 0 Å². The van der Waals surface area contributed by atoms with Crippen molar-refractivity contribution in [3.63, 3.8) is 0 Å². The van der Waals surface area contributed by atoms with E-state index in [1.54, 1.807) is 0 Å². The summed E-state index contributed by atoms with van der Waals surface area (Å²) >= 11 is 1.31. The first-order chi connectivity index (χ1) is 12.5. The van der Waals surface area contributed by atoms with Crippen LogP contribution in [0.4, 0.5) is 9.80 Å². The minimum Gasteiger partial charge on any atom is -0.365 e. The maximum Gasteiger partial charge on any atom is 0.317 e. The van der Waals surface area contributed by atoms with E-state index < -0.39 is 11.9 Å². The number of anilines is 1. The average molecular weight is 367 g/mol. The molecule has 4 rings (SSSR count). The molecule has 132 valence electrons. The average Bonchev–Trinajstić information content (AvgIpc) is 3.15. The molecule has 5 N–H and O–H groups in total. The molecule has 7 nitrogen and oxygen atoms in total. The fourth-order valence-electron chi connectivity index (χ4n) is 3.31. The Morgan fingerprint density at radius 2 is 1.96 bits per heavy atom. The molecule has 0 bridgehead atoms. The molecule has 0 fully saturated rings. The molecule has 3 amide bonds. The third-order valence-corrected chi connectivity index (χ3v) is 5.55. The number of primary amides is 2. The molecular weight excluding hydrogens is 350 g/mol. The summed E-state index contributed by atoms with van der Waals surface area (Å²) in [7, 11) is 0. The van der Waals surface area contributed by atoms with Gasteiger partial charge in [-0.05, 0) is 24.0 Å². The second-order valence-corrected chi connectivity index (χ2v) is 7.16. The van der Waals surface area contributed by atoms with Crippen molar-refractivity contribution in [1.82, 2.24) is 9.78 Å². The zero-order valence-corrected chi connectivity index (χ0v) is 14.7. The van der Waals surface area contributed by atoms with E-state index in [0.717, 1.165) is 33.7 Å². The molecule has 2 heterocycles. The van der Waals surface area contributed by atoms with Gasteiger partial charge >= 0.3 is 6.03 Å². The number of aryl methyl sites for hydroxylation is 1. The fourth-order valence-corrected chi connectivity index (χ4v) is 4.60. The number of fused-ring (bicyclic) bond motifs is 3. The summed E-state index contributed by atoms with van der Waals surface area (Å²) in [5.74, 6) is -0.564. The van der Waals surface area contributed by atoms with Gasteiger partial charge in [0.05, 0.1) is 17.8 Å². The molecule has 1 aliphatic rings. The molecule has 2 aromatic heterocycles. The van der Waals surface area contributed by atoms with Crippen LogP contribution in [0.5, 0.6) is 0 Å². The number of rotatable bonds is 4. The van der Waals surface area contributed by atoms with E-state index >= 15 is 0 Å². The fraction of sp³-hybridized carbons (Fsp3) is 0.167. The molecule has 0 aliphatic heterocycles. The smallest absolute Gasteiger partial charge is 0.317 e. The minimum atomic E-state index is -0.717. The number of aromatic nitrogens is 2. The van der Waals surface area contributed by atoms with Crippen molar-refractivity contribution in [3.8, 4) is 10.4 Å². The highest BCUT2D eigenvalue weighted by Crippen LogP contribution is 2.44. The summed E-state index contributed by atoms with van der Waals surface area (Å²) in [6, 6.07) is 9.36. The van der Waals surface area contributed by atoms with Crippen molar-refractivity contribution < 1.29 is 9.59 Å². The summed E-state index contributed by atoms with van der Waals surface area (Å²) in [5, 5.41) is 7.61. The van der Waals surface area contributed by atoms with E-state index in [1.807, 2.05) is 29.1 Å². The maximum atomic E-state index is 11.9. The minimum absolute atomic E-state index is 0.352. The van der Waals surface area contributed by atoms with Gasteiger partial charge in [0.1, 0.15) is 5.00 Å². The second-order valence-electron chi connectivity index (χ2n) is 6.14. The van der Waals surface area contributed by atoms with E-state index in [2.05, 4.69) is 22.5 Å². The van der Waals surface area contributed by atoms with Gasteiger partial charge in [-0.2, -0.15) is 5.10 Å². The van der Waals surface area contributed by atoms with Crippen molar-refractivity contribution in [2.45, 2.75) is 19.4 Å². The van der Waals surface area contributed by atoms with E-state index in [4.69, 9.17) is 11.5 Å². The van der Waals surface area contributed by atoms with Crippen LogP contribution in [0.3, 0.4) is 0 Å². The SMILES string of the molecule is NC(=O)Nc1sc2c(c1C(N)=O)CCc1nn(Cc3ccccc3)cc1-2. The molecule has 3 aromatic rings. The van der Waals surface area contributed by atoms with E-state index in [1.165, 1.54) is 11.3 Å². The van der Waals surface area contributed by atoms with E-state index in [9.17, 15) is 9.59 Å². The van der Waals surface area contributed by atoms with Gasteiger partial charge in [-0.1, -0.05) is 30.3 Å². The number of nitrogens with zero attached hydrogens (tertiary/aromatic N) is 2. The lowest BCUT2D eigenvalue weighted by Crippen LogP contribution is -2.22. The van der Waals surface area contributed by atoms with Crippen LogP contribution in [0.2, 0.25) is 0 Å². The maximum absolute atomic E-state index is 11.9. The van der Waals surface area contributed by atoms with Gasteiger partial charge in [0.25, 0.3) is 5.91 Å². The summed E-state index contributed by atoms with van der Waals surface area (Å²) in [6.45, 7) is 0.670. The molecule has 0 saturated heterocycles. The number of carbonyl (C=O) groups excluding carboxylic acids is 2. The number of nitrogens with one attached hydrogen (secondary N) is 1. The molecule has 8 heteroatoms. The van der Waals surface area contributed by atoms with Crippen molar-refractivity contribution in [2.75, 3.05) is 5.32 Å². The van der Waals surface area contributed by atoms with Crippen LogP contribution < -0.4 is 16.8 Å². The summed E-state index contributed by atoms with van der Waals surface area (Å²) in [4.78, 5) is 24.1. The number of nitrogens with two attached hydrogens (primary N) is 2. The monoisotopic (exact) mass is 367 g/mol. The third kappa shape index (κ3) is 2.84. The highest BCUT2D eigenvalue weighted by atomic mass is 32.1. The van der Waals surface area contributed by atoms with Gasteiger partial charge in [-0.3, -0.25) is 14.8 Å². The van der Waals surface area contributed by atoms with E-state index in [-0.39, 0.29) is 0 Å². The Hall–Kier alpha value is -3.13. The number of benzene rings is 1. The number of thiophene rings is 1. The van der Waals surface area contributed by atoms with Crippen molar-refractivity contribution in [3.05, 3.63) is 58.9 Å². The first kappa shape index (κ1) is 16.3. The molecule has 1 aromatic carbocycles. The Bertz CT molecular complexity index is 1010. The van der Waals surface area contributed by atoms with Crippen molar-refractivity contribution in [1.29, 1.82) is 0 Å². The lowest BCUT2D eigenvalue weighted by molar-refractivity contribution is 0.100. The number of amides is 3. The van der Waals surface area contributed by atoms with Gasteiger partial charge in [0.2, 0.25) is 0 Å². The van der Waals surface area contributed by atoms with Crippen LogP contribution in [0, 0.1) is 0 Å². The lowest BCUT2D eigenvalue weighted by Gasteiger charge is -2.11. The van der Waals surface area contributed by atoms with E-state index in [0.29, 0.717) is 23.5 Å². The molecule has 0 radical (unpaired) electrons. The predicted molar refractivity (Wildman–Crippen MR) is 100 cm³/mol. The topological polar surface area (TPSA) is 116 Å². The summed E-state index contributed by atoms with van der Waals surface area (Å²) in [5.41, 5.74) is 15.1. The highest BCUT2D eigenvalue weighted by molar-refractivity contribution is 7.20. The molecule has 0 saturated carbocycles. The van der Waals surface area contributed by atoms with Crippen molar-refractivity contribution >= 4 is 28.3 Å². The Morgan fingerprint density at radius 3 is 2.65 bits per heavy atom. The zero-order valence-electron chi connectivity index (χ0n) is 13.9. The summed E-state index contributed by atoms with van der Waals surface area (Å²) in [6.07, 6.45) is 3.35. The first-order valence-electron chi connectivity index (χ1n) is 8.15. The quantitative estimate of drug-likeness (QED) is 0.657. The molecule has 0 atom stereocenters. The van der Waals surface area contributed by atoms with Gasteiger partial charge in [-0.25, -0.2) is 4.79 Å². The Labute approximate surface area is 153 Å². The van der Waals surface area contributed by atoms with Crippen LogP contribution in [0.25, 0.3) is 10.4 Å². The lowest BCUT2D eigenvalue weighted by atomic mass is 9.94. The highest BCUT2D eigenvalue weighted by Gasteiger charge is 2.29. The molecular formula is C18H17N5O2S. The molecule has 0 unspecified atom stereocenters. The molecule has 26 heavy (non-hydrogen) atoms. The number of hydrogen-bond acceptors (Lipinski definition) is 4. The number of urea groups is 1.